The Morgan fingerprint density at radius 3 is 1.94 bits per heavy atom. The number of rotatable bonds is 2. The molecule has 92 valence electrons. The van der Waals surface area contributed by atoms with Crippen LogP contribution in [0.1, 0.15) is 24.2 Å². The van der Waals surface area contributed by atoms with Gasteiger partial charge in [-0.15, -0.1) is 0 Å². The highest BCUT2D eigenvalue weighted by Gasteiger charge is 2.54. The van der Waals surface area contributed by atoms with Crippen LogP contribution < -0.4 is 0 Å². The zero-order valence-corrected chi connectivity index (χ0v) is 11.4. The van der Waals surface area contributed by atoms with E-state index >= 15 is 0 Å². The van der Waals surface area contributed by atoms with Gasteiger partial charge < -0.3 is 4.74 Å². The van der Waals surface area contributed by atoms with Crippen molar-refractivity contribution in [3.8, 4) is 0 Å². The first-order valence-electron chi connectivity index (χ1n) is 5.79. The molecule has 1 aliphatic rings. The van der Waals surface area contributed by atoms with Crippen LogP contribution in [0.15, 0.2) is 48.5 Å². The van der Waals surface area contributed by atoms with Gasteiger partial charge in [-0.25, -0.2) is 0 Å². The van der Waals surface area contributed by atoms with Gasteiger partial charge in [0, 0.05) is 10.0 Å². The van der Waals surface area contributed by atoms with Gasteiger partial charge in [-0.05, 0) is 42.3 Å². The third kappa shape index (κ3) is 2.03. The molecular weight excluding hydrogens is 267 g/mol. The quantitative estimate of drug-likeness (QED) is 0.706. The van der Waals surface area contributed by atoms with Crippen LogP contribution in [0.5, 0.6) is 0 Å². The Hall–Kier alpha value is -1.02. The molecule has 0 saturated carbocycles. The van der Waals surface area contributed by atoms with Crippen molar-refractivity contribution in [3.63, 3.8) is 0 Å². The Bertz CT molecular complexity index is 562. The highest BCUT2D eigenvalue weighted by atomic mass is 35.5. The number of benzene rings is 2. The standard InChI is InChI=1S/C15H12Cl2O/c1-15(11-4-8-13(17)9-5-11)14(18-15)10-2-6-12(16)7-3-10/h2-9,14H,1H3. The smallest absolute Gasteiger partial charge is 0.122 e. The van der Waals surface area contributed by atoms with Crippen molar-refractivity contribution in [2.45, 2.75) is 18.6 Å². The van der Waals surface area contributed by atoms with Gasteiger partial charge >= 0.3 is 0 Å². The molecule has 18 heavy (non-hydrogen) atoms. The lowest BCUT2D eigenvalue weighted by Crippen LogP contribution is -2.03. The molecule has 1 aliphatic heterocycles. The summed E-state index contributed by atoms with van der Waals surface area (Å²) in [6, 6.07) is 15.6. The van der Waals surface area contributed by atoms with Crippen molar-refractivity contribution >= 4 is 23.2 Å². The number of hydrogen-bond donors (Lipinski definition) is 0. The van der Waals surface area contributed by atoms with E-state index in [1.165, 1.54) is 0 Å². The monoisotopic (exact) mass is 278 g/mol. The third-order valence-corrected chi connectivity index (χ3v) is 3.90. The Labute approximate surface area is 116 Å². The van der Waals surface area contributed by atoms with E-state index < -0.39 is 0 Å². The molecule has 1 fully saturated rings. The maximum Gasteiger partial charge on any atom is 0.122 e. The average Bonchev–Trinajstić information content (AvgIpc) is 3.04. The van der Waals surface area contributed by atoms with E-state index in [2.05, 4.69) is 6.92 Å². The normalized spacial score (nSPS) is 26.1. The van der Waals surface area contributed by atoms with Crippen molar-refractivity contribution in [2.75, 3.05) is 0 Å². The van der Waals surface area contributed by atoms with Crippen LogP contribution in [-0.2, 0) is 10.3 Å². The SMILES string of the molecule is CC1(c2ccc(Cl)cc2)OC1c1ccc(Cl)cc1. The Morgan fingerprint density at radius 1 is 0.889 bits per heavy atom. The second-order valence-electron chi connectivity index (χ2n) is 4.66. The fraction of sp³-hybridized carbons (Fsp3) is 0.200. The molecule has 0 bridgehead atoms. The molecule has 3 heteroatoms. The maximum atomic E-state index is 5.90. The first-order valence-corrected chi connectivity index (χ1v) is 6.54. The van der Waals surface area contributed by atoms with Gasteiger partial charge in [0.25, 0.3) is 0 Å². The fourth-order valence-electron chi connectivity index (χ4n) is 2.23. The van der Waals surface area contributed by atoms with Crippen molar-refractivity contribution < 1.29 is 4.74 Å². The van der Waals surface area contributed by atoms with Gasteiger partial charge in [0.1, 0.15) is 11.7 Å². The average molecular weight is 279 g/mol. The first-order chi connectivity index (χ1) is 8.59. The van der Waals surface area contributed by atoms with Crippen LogP contribution in [0.25, 0.3) is 0 Å². The topological polar surface area (TPSA) is 12.5 Å². The van der Waals surface area contributed by atoms with Crippen LogP contribution >= 0.6 is 23.2 Å². The predicted octanol–water partition coefficient (Wildman–Crippen LogP) is 4.98. The minimum absolute atomic E-state index is 0.0935. The molecule has 0 amide bonds. The maximum absolute atomic E-state index is 5.90. The number of halogens is 2. The van der Waals surface area contributed by atoms with E-state index in [0.29, 0.717) is 0 Å². The summed E-state index contributed by atoms with van der Waals surface area (Å²) >= 11 is 11.8. The zero-order valence-electron chi connectivity index (χ0n) is 9.86. The van der Waals surface area contributed by atoms with Crippen LogP contribution in [0.4, 0.5) is 0 Å². The Balaban J connectivity index is 1.87. The summed E-state index contributed by atoms with van der Waals surface area (Å²) in [6.07, 6.45) is 0.0935. The molecule has 3 rings (SSSR count). The van der Waals surface area contributed by atoms with Crippen LogP contribution in [-0.4, -0.2) is 0 Å². The molecule has 0 radical (unpaired) electrons. The summed E-state index contributed by atoms with van der Waals surface area (Å²) in [6.45, 7) is 2.09. The molecule has 0 aromatic heterocycles. The highest BCUT2D eigenvalue weighted by molar-refractivity contribution is 6.30. The lowest BCUT2D eigenvalue weighted by Gasteiger charge is -2.07. The summed E-state index contributed by atoms with van der Waals surface area (Å²) < 4.78 is 5.87. The van der Waals surface area contributed by atoms with E-state index in [1.807, 2.05) is 48.5 Å². The summed E-state index contributed by atoms with van der Waals surface area (Å²) in [5.41, 5.74) is 2.04. The Morgan fingerprint density at radius 2 is 1.39 bits per heavy atom. The van der Waals surface area contributed by atoms with Gasteiger partial charge in [-0.1, -0.05) is 47.5 Å². The molecule has 2 unspecified atom stereocenters. The lowest BCUT2D eigenvalue weighted by atomic mass is 9.94. The van der Waals surface area contributed by atoms with E-state index in [9.17, 15) is 0 Å². The molecular formula is C15H12Cl2O. The molecule has 0 N–H and O–H groups in total. The minimum atomic E-state index is -0.252. The summed E-state index contributed by atoms with van der Waals surface area (Å²) in [5, 5.41) is 1.48. The third-order valence-electron chi connectivity index (χ3n) is 3.40. The molecule has 2 aromatic carbocycles. The van der Waals surface area contributed by atoms with Gasteiger partial charge in [-0.2, -0.15) is 0 Å². The molecule has 2 atom stereocenters. The zero-order chi connectivity index (χ0) is 12.8. The molecule has 1 nitrogen and oxygen atoms in total. The first kappa shape index (κ1) is 12.0. The minimum Gasteiger partial charge on any atom is -0.356 e. The second kappa shape index (κ2) is 4.27. The summed E-state index contributed by atoms with van der Waals surface area (Å²) in [4.78, 5) is 0. The van der Waals surface area contributed by atoms with Crippen LogP contribution in [0.2, 0.25) is 10.0 Å². The molecule has 0 spiro atoms. The molecule has 2 aromatic rings. The van der Waals surface area contributed by atoms with Gasteiger partial charge in [0.2, 0.25) is 0 Å². The largest absolute Gasteiger partial charge is 0.356 e. The van der Waals surface area contributed by atoms with E-state index in [-0.39, 0.29) is 11.7 Å². The van der Waals surface area contributed by atoms with Crippen LogP contribution in [0, 0.1) is 0 Å². The highest BCUT2D eigenvalue weighted by Crippen LogP contribution is 2.56. The van der Waals surface area contributed by atoms with Crippen molar-refractivity contribution in [1.82, 2.24) is 0 Å². The number of epoxide rings is 1. The van der Waals surface area contributed by atoms with E-state index in [1.54, 1.807) is 0 Å². The van der Waals surface area contributed by atoms with Crippen molar-refractivity contribution in [2.24, 2.45) is 0 Å². The lowest BCUT2D eigenvalue weighted by molar-refractivity contribution is 0.313. The van der Waals surface area contributed by atoms with Gasteiger partial charge in [-0.3, -0.25) is 0 Å². The number of ether oxygens (including phenoxy) is 1. The molecule has 1 heterocycles. The van der Waals surface area contributed by atoms with Gasteiger partial charge in [0.15, 0.2) is 0 Å². The van der Waals surface area contributed by atoms with Crippen molar-refractivity contribution in [1.29, 1.82) is 0 Å². The van der Waals surface area contributed by atoms with Gasteiger partial charge in [0.05, 0.1) is 0 Å². The Kier molecular flexibility index (Phi) is 2.86. The predicted molar refractivity (Wildman–Crippen MR) is 74.1 cm³/mol. The number of hydrogen-bond acceptors (Lipinski definition) is 1. The molecule has 1 saturated heterocycles. The van der Waals surface area contributed by atoms with E-state index in [4.69, 9.17) is 27.9 Å². The van der Waals surface area contributed by atoms with Crippen molar-refractivity contribution in [3.05, 3.63) is 69.7 Å². The van der Waals surface area contributed by atoms with Crippen LogP contribution in [0.3, 0.4) is 0 Å². The summed E-state index contributed by atoms with van der Waals surface area (Å²) in [5.74, 6) is 0. The fourth-order valence-corrected chi connectivity index (χ4v) is 2.49. The van der Waals surface area contributed by atoms with E-state index in [0.717, 1.165) is 21.2 Å². The summed E-state index contributed by atoms with van der Waals surface area (Å²) in [7, 11) is 0. The second-order valence-corrected chi connectivity index (χ2v) is 5.54. The molecule has 0 aliphatic carbocycles.